The summed E-state index contributed by atoms with van der Waals surface area (Å²) in [6.45, 7) is 1.78. The third kappa shape index (κ3) is 3.26. The standard InChI is InChI=1S/C26H22N6O2/c1-28-13-22-16-32(26(33)34-22)21-6-7-23-20(10-21)15-30-14-19(18-4-2-17(12-27)3-5-18)11-24(30)25-29-8-9-31(23)25/h2-11,14,22,28H,13,15-16H2,1H3/t22-/m1/s1. The number of carbonyl (C=O) groups is 1. The van der Waals surface area contributed by atoms with E-state index in [4.69, 9.17) is 10.00 Å². The van der Waals surface area contributed by atoms with Crippen molar-refractivity contribution >= 4 is 11.8 Å². The zero-order valence-corrected chi connectivity index (χ0v) is 18.6. The molecule has 4 aromatic rings. The Morgan fingerprint density at radius 1 is 1.18 bits per heavy atom. The second-order valence-corrected chi connectivity index (χ2v) is 8.54. The van der Waals surface area contributed by atoms with Crippen LogP contribution in [0, 0.1) is 11.3 Å². The van der Waals surface area contributed by atoms with E-state index in [1.54, 1.807) is 11.1 Å². The van der Waals surface area contributed by atoms with Gasteiger partial charge in [-0.1, -0.05) is 12.1 Å². The average Bonchev–Trinajstić information content (AvgIpc) is 3.56. The first-order valence-electron chi connectivity index (χ1n) is 11.1. The number of amides is 1. The van der Waals surface area contributed by atoms with Crippen molar-refractivity contribution in [1.82, 2.24) is 19.4 Å². The molecule has 168 valence electrons. The molecule has 1 N–H and O–H groups in total. The summed E-state index contributed by atoms with van der Waals surface area (Å²) in [6.07, 6.45) is 5.40. The van der Waals surface area contributed by atoms with Gasteiger partial charge >= 0.3 is 6.09 Å². The molecule has 0 spiro atoms. The molecule has 2 aromatic heterocycles. The van der Waals surface area contributed by atoms with E-state index in [1.807, 2.05) is 49.6 Å². The van der Waals surface area contributed by atoms with Gasteiger partial charge in [0.2, 0.25) is 0 Å². The van der Waals surface area contributed by atoms with E-state index in [0.717, 1.165) is 39.6 Å². The van der Waals surface area contributed by atoms with Crippen LogP contribution in [0.15, 0.2) is 67.1 Å². The van der Waals surface area contributed by atoms with E-state index in [9.17, 15) is 4.79 Å². The van der Waals surface area contributed by atoms with E-state index in [-0.39, 0.29) is 12.2 Å². The molecule has 8 nitrogen and oxygen atoms in total. The van der Waals surface area contributed by atoms with Crippen molar-refractivity contribution < 1.29 is 9.53 Å². The second-order valence-electron chi connectivity index (χ2n) is 8.54. The van der Waals surface area contributed by atoms with Gasteiger partial charge in [0.05, 0.1) is 29.6 Å². The van der Waals surface area contributed by atoms with Crippen LogP contribution < -0.4 is 10.2 Å². The summed E-state index contributed by atoms with van der Waals surface area (Å²) in [6, 6.07) is 18.0. The van der Waals surface area contributed by atoms with Gasteiger partial charge in [-0.15, -0.1) is 0 Å². The first-order chi connectivity index (χ1) is 16.6. The van der Waals surface area contributed by atoms with Crippen molar-refractivity contribution in [3.8, 4) is 34.4 Å². The molecule has 1 atom stereocenters. The lowest BCUT2D eigenvalue weighted by atomic mass is 10.1. The van der Waals surface area contributed by atoms with Crippen molar-refractivity contribution in [3.63, 3.8) is 0 Å². The zero-order chi connectivity index (χ0) is 23.2. The smallest absolute Gasteiger partial charge is 0.414 e. The van der Waals surface area contributed by atoms with Gasteiger partial charge in [0.25, 0.3) is 0 Å². The molecule has 0 radical (unpaired) electrons. The van der Waals surface area contributed by atoms with Crippen molar-refractivity contribution in [2.24, 2.45) is 0 Å². The van der Waals surface area contributed by atoms with Crippen LogP contribution in [-0.4, -0.2) is 46.5 Å². The van der Waals surface area contributed by atoms with Crippen molar-refractivity contribution in [2.75, 3.05) is 25.0 Å². The third-order valence-corrected chi connectivity index (χ3v) is 6.39. The number of imidazole rings is 1. The number of hydrogen-bond acceptors (Lipinski definition) is 5. The highest BCUT2D eigenvalue weighted by Gasteiger charge is 2.32. The maximum atomic E-state index is 12.5. The molecule has 0 unspecified atom stereocenters. The van der Waals surface area contributed by atoms with Crippen LogP contribution in [0.1, 0.15) is 11.1 Å². The predicted molar refractivity (Wildman–Crippen MR) is 128 cm³/mol. The highest BCUT2D eigenvalue weighted by atomic mass is 16.6. The number of nitrogens with one attached hydrogen (secondary N) is 1. The van der Waals surface area contributed by atoms with E-state index < -0.39 is 0 Å². The van der Waals surface area contributed by atoms with E-state index in [1.165, 1.54) is 0 Å². The molecule has 8 heteroatoms. The number of nitriles is 1. The maximum Gasteiger partial charge on any atom is 0.414 e. The Balaban J connectivity index is 1.40. The van der Waals surface area contributed by atoms with Crippen LogP contribution >= 0.6 is 0 Å². The monoisotopic (exact) mass is 450 g/mol. The molecular weight excluding hydrogens is 428 g/mol. The molecule has 0 saturated carbocycles. The number of benzene rings is 2. The summed E-state index contributed by atoms with van der Waals surface area (Å²) in [5.74, 6) is 0.862. The van der Waals surface area contributed by atoms with E-state index in [2.05, 4.69) is 43.8 Å². The fraction of sp³-hybridized carbons (Fsp3) is 0.192. The molecule has 1 amide bonds. The summed E-state index contributed by atoms with van der Waals surface area (Å²) >= 11 is 0. The molecule has 0 bridgehead atoms. The number of carbonyl (C=O) groups excluding carboxylic acids is 1. The number of hydrogen-bond donors (Lipinski definition) is 1. The summed E-state index contributed by atoms with van der Waals surface area (Å²) in [4.78, 5) is 18.8. The van der Waals surface area contributed by atoms with Crippen LogP contribution in [-0.2, 0) is 11.3 Å². The molecule has 1 saturated heterocycles. The van der Waals surface area contributed by atoms with Crippen LogP contribution in [0.25, 0.3) is 28.3 Å². The van der Waals surface area contributed by atoms with E-state index in [0.29, 0.717) is 25.2 Å². The molecule has 34 heavy (non-hydrogen) atoms. The van der Waals surface area contributed by atoms with Gasteiger partial charge in [0, 0.05) is 42.9 Å². The number of anilines is 1. The fourth-order valence-electron chi connectivity index (χ4n) is 4.76. The summed E-state index contributed by atoms with van der Waals surface area (Å²) in [5.41, 5.74) is 6.71. The number of likely N-dealkylation sites (N-methyl/N-ethyl adjacent to an activating group) is 1. The average molecular weight is 451 g/mol. The Labute approximate surface area is 196 Å². The van der Waals surface area contributed by atoms with Gasteiger partial charge in [-0.05, 0) is 54.6 Å². The normalized spacial score (nSPS) is 16.3. The number of aromatic nitrogens is 3. The Morgan fingerprint density at radius 2 is 2.03 bits per heavy atom. The molecule has 4 heterocycles. The number of cyclic esters (lactones) is 1. The first-order valence-corrected chi connectivity index (χ1v) is 11.1. The fourth-order valence-corrected chi connectivity index (χ4v) is 4.76. The quantitative estimate of drug-likeness (QED) is 0.450. The van der Waals surface area contributed by atoms with Gasteiger partial charge in [-0.3, -0.25) is 9.47 Å². The second kappa shape index (κ2) is 7.90. The van der Waals surface area contributed by atoms with Crippen molar-refractivity contribution in [1.29, 1.82) is 5.26 Å². The van der Waals surface area contributed by atoms with Crippen LogP contribution in [0.2, 0.25) is 0 Å². The predicted octanol–water partition coefficient (Wildman–Crippen LogP) is 3.79. The van der Waals surface area contributed by atoms with Crippen LogP contribution in [0.5, 0.6) is 0 Å². The third-order valence-electron chi connectivity index (χ3n) is 6.39. The Morgan fingerprint density at radius 3 is 2.82 bits per heavy atom. The molecule has 6 rings (SSSR count). The molecule has 2 aromatic carbocycles. The summed E-state index contributed by atoms with van der Waals surface area (Å²) in [7, 11) is 1.85. The van der Waals surface area contributed by atoms with Gasteiger partial charge in [-0.25, -0.2) is 9.78 Å². The minimum atomic E-state index is -0.318. The van der Waals surface area contributed by atoms with Crippen LogP contribution in [0.4, 0.5) is 10.5 Å². The maximum absolute atomic E-state index is 12.5. The summed E-state index contributed by atoms with van der Waals surface area (Å²) in [5, 5.41) is 12.2. The Bertz CT molecular complexity index is 1440. The van der Waals surface area contributed by atoms with E-state index >= 15 is 0 Å². The first kappa shape index (κ1) is 20.3. The van der Waals surface area contributed by atoms with Gasteiger partial charge in [0.15, 0.2) is 5.82 Å². The highest BCUT2D eigenvalue weighted by molar-refractivity contribution is 5.90. The molecule has 1 fully saturated rings. The molecular formula is C26H22N6O2. The lowest BCUT2D eigenvalue weighted by molar-refractivity contribution is 0.141. The molecule has 2 aliphatic rings. The zero-order valence-electron chi connectivity index (χ0n) is 18.6. The van der Waals surface area contributed by atoms with Gasteiger partial charge in [0.1, 0.15) is 6.10 Å². The number of ether oxygens (including phenoxy) is 1. The topological polar surface area (TPSA) is 88.1 Å². The van der Waals surface area contributed by atoms with Gasteiger partial charge < -0.3 is 14.6 Å². The highest BCUT2D eigenvalue weighted by Crippen LogP contribution is 2.35. The van der Waals surface area contributed by atoms with Crippen molar-refractivity contribution in [2.45, 2.75) is 12.6 Å². The Kier molecular flexibility index (Phi) is 4.71. The van der Waals surface area contributed by atoms with Crippen LogP contribution in [0.3, 0.4) is 0 Å². The summed E-state index contributed by atoms with van der Waals surface area (Å²) < 4.78 is 9.77. The minimum Gasteiger partial charge on any atom is -0.443 e. The number of nitrogens with zero attached hydrogens (tertiary/aromatic N) is 5. The number of fused-ring (bicyclic) bond motifs is 5. The lowest BCUT2D eigenvalue weighted by Crippen LogP contribution is -2.29. The van der Waals surface area contributed by atoms with Gasteiger partial charge in [-0.2, -0.15) is 5.26 Å². The van der Waals surface area contributed by atoms with Crippen molar-refractivity contribution in [3.05, 3.63) is 78.2 Å². The number of rotatable bonds is 4. The largest absolute Gasteiger partial charge is 0.443 e. The lowest BCUT2D eigenvalue weighted by Gasteiger charge is -2.17. The minimum absolute atomic E-state index is 0.164. The molecule has 0 aliphatic carbocycles. The SMILES string of the molecule is CNC[C@@H]1CN(c2ccc3c(c2)Cn2cc(-c4ccc(C#N)cc4)cc2-c2nccn2-3)C(=O)O1. The Hall–Kier alpha value is -4.35. The molecule has 2 aliphatic heterocycles.